The third-order valence-electron chi connectivity index (χ3n) is 5.11. The second-order valence-electron chi connectivity index (χ2n) is 7.10. The Morgan fingerprint density at radius 2 is 1.93 bits per heavy atom. The first kappa shape index (κ1) is 26.4. The van der Waals surface area contributed by atoms with Gasteiger partial charge in [0.15, 0.2) is 5.96 Å². The molecular weight excluding hydrogens is 499 g/mol. The van der Waals surface area contributed by atoms with Gasteiger partial charge in [0.05, 0.1) is 19.1 Å². The van der Waals surface area contributed by atoms with Crippen LogP contribution >= 0.6 is 24.0 Å². The first-order chi connectivity index (χ1) is 14.1. The van der Waals surface area contributed by atoms with Crippen LogP contribution in [0.3, 0.4) is 0 Å². The number of carbonyl (C=O) groups is 1. The number of primary amides is 1. The maximum atomic E-state index is 12.1. The second-order valence-corrected chi connectivity index (χ2v) is 7.10. The number of nitrogens with two attached hydrogens (primary N) is 1. The Morgan fingerprint density at radius 1 is 1.23 bits per heavy atom. The van der Waals surface area contributed by atoms with Gasteiger partial charge in [-0.2, -0.15) is 0 Å². The highest BCUT2D eigenvalue weighted by Gasteiger charge is 2.38. The van der Waals surface area contributed by atoms with Gasteiger partial charge in [0.25, 0.3) is 0 Å². The van der Waals surface area contributed by atoms with Gasteiger partial charge in [-0.1, -0.05) is 12.1 Å². The summed E-state index contributed by atoms with van der Waals surface area (Å²) in [5.74, 6) is 1.18. The Morgan fingerprint density at radius 3 is 2.53 bits per heavy atom. The quantitative estimate of drug-likeness (QED) is 0.174. The van der Waals surface area contributed by atoms with Crippen LogP contribution in [-0.4, -0.2) is 58.5 Å². The number of benzene rings is 1. The van der Waals surface area contributed by atoms with Crippen LogP contribution in [0.1, 0.15) is 31.7 Å². The predicted octanol–water partition coefficient (Wildman–Crippen LogP) is 2.06. The van der Waals surface area contributed by atoms with Crippen LogP contribution in [0.2, 0.25) is 0 Å². The first-order valence-electron chi connectivity index (χ1n) is 10.2. The fourth-order valence-electron chi connectivity index (χ4n) is 3.13. The summed E-state index contributed by atoms with van der Waals surface area (Å²) in [5.41, 5.74) is 6.17. The van der Waals surface area contributed by atoms with Gasteiger partial charge < -0.3 is 30.6 Å². The Balaban J connectivity index is 0.00000450. The van der Waals surface area contributed by atoms with E-state index in [9.17, 15) is 4.79 Å². The summed E-state index contributed by atoms with van der Waals surface area (Å²) < 4.78 is 16.0. The van der Waals surface area contributed by atoms with Crippen molar-refractivity contribution in [2.24, 2.45) is 16.1 Å². The van der Waals surface area contributed by atoms with E-state index in [1.165, 1.54) is 0 Å². The third kappa shape index (κ3) is 8.65. The van der Waals surface area contributed by atoms with E-state index >= 15 is 0 Å². The van der Waals surface area contributed by atoms with Gasteiger partial charge in [0, 0.05) is 39.5 Å². The smallest absolute Gasteiger partial charge is 0.225 e. The molecule has 1 amide bonds. The van der Waals surface area contributed by atoms with Gasteiger partial charge >= 0.3 is 0 Å². The van der Waals surface area contributed by atoms with Crippen molar-refractivity contribution in [3.8, 4) is 5.75 Å². The molecular formula is C21H35IN4O4. The molecule has 170 valence electrons. The minimum atomic E-state index is -0.605. The van der Waals surface area contributed by atoms with Crippen molar-refractivity contribution in [1.82, 2.24) is 10.6 Å². The van der Waals surface area contributed by atoms with E-state index in [0.29, 0.717) is 58.3 Å². The minimum Gasteiger partial charge on any atom is -0.497 e. The van der Waals surface area contributed by atoms with Crippen LogP contribution in [0.5, 0.6) is 5.75 Å². The zero-order chi connectivity index (χ0) is 21.0. The molecule has 1 aliphatic heterocycles. The summed E-state index contributed by atoms with van der Waals surface area (Å²) in [6.07, 6.45) is 2.10. The highest BCUT2D eigenvalue weighted by molar-refractivity contribution is 14.0. The van der Waals surface area contributed by atoms with Crippen molar-refractivity contribution in [2.75, 3.05) is 46.6 Å². The molecule has 0 unspecified atom stereocenters. The standard InChI is InChI=1S/C21H34N4O4.HI/c1-3-28-12-4-11-23-20(24-15-17-5-7-18(27-2)8-6-17)25-16-21(19(22)26)9-13-29-14-10-21;/h5-8H,3-4,9-16H2,1-2H3,(H2,22,26)(H2,23,24,25);1H. The highest BCUT2D eigenvalue weighted by atomic mass is 127. The molecule has 1 aromatic carbocycles. The van der Waals surface area contributed by atoms with Crippen molar-refractivity contribution in [3.63, 3.8) is 0 Å². The molecule has 0 bridgehead atoms. The third-order valence-corrected chi connectivity index (χ3v) is 5.11. The predicted molar refractivity (Wildman–Crippen MR) is 128 cm³/mol. The molecule has 2 rings (SSSR count). The Hall–Kier alpha value is -1.59. The summed E-state index contributed by atoms with van der Waals surface area (Å²) >= 11 is 0. The largest absolute Gasteiger partial charge is 0.497 e. The van der Waals surface area contributed by atoms with E-state index in [1.807, 2.05) is 31.2 Å². The summed E-state index contributed by atoms with van der Waals surface area (Å²) in [4.78, 5) is 16.8. The molecule has 0 radical (unpaired) electrons. The van der Waals surface area contributed by atoms with Crippen molar-refractivity contribution in [3.05, 3.63) is 29.8 Å². The van der Waals surface area contributed by atoms with Gasteiger partial charge in [0.1, 0.15) is 5.75 Å². The maximum absolute atomic E-state index is 12.1. The number of amides is 1. The normalized spacial score (nSPS) is 15.7. The monoisotopic (exact) mass is 534 g/mol. The lowest BCUT2D eigenvalue weighted by molar-refractivity contribution is -0.132. The first-order valence-corrected chi connectivity index (χ1v) is 10.2. The van der Waals surface area contributed by atoms with E-state index in [4.69, 9.17) is 19.9 Å². The summed E-state index contributed by atoms with van der Waals surface area (Å²) in [6, 6.07) is 7.80. The van der Waals surface area contributed by atoms with E-state index in [-0.39, 0.29) is 29.9 Å². The number of halogens is 1. The molecule has 0 spiro atoms. The molecule has 1 aromatic rings. The average molecular weight is 534 g/mol. The van der Waals surface area contributed by atoms with E-state index in [1.54, 1.807) is 7.11 Å². The molecule has 1 saturated heterocycles. The zero-order valence-corrected chi connectivity index (χ0v) is 20.3. The van der Waals surface area contributed by atoms with Gasteiger partial charge in [0.2, 0.25) is 5.91 Å². The minimum absolute atomic E-state index is 0. The zero-order valence-electron chi connectivity index (χ0n) is 17.9. The van der Waals surface area contributed by atoms with E-state index in [2.05, 4.69) is 15.6 Å². The molecule has 0 saturated carbocycles. The summed E-state index contributed by atoms with van der Waals surface area (Å²) in [7, 11) is 1.65. The Bertz CT molecular complexity index is 649. The molecule has 1 heterocycles. The van der Waals surface area contributed by atoms with Crippen LogP contribution in [0.4, 0.5) is 0 Å². The van der Waals surface area contributed by atoms with Crippen molar-refractivity contribution >= 4 is 35.8 Å². The van der Waals surface area contributed by atoms with Gasteiger partial charge in [-0.3, -0.25) is 4.79 Å². The van der Waals surface area contributed by atoms with E-state index < -0.39 is 5.41 Å². The summed E-state index contributed by atoms with van der Waals surface area (Å²) in [5, 5.41) is 6.63. The number of ether oxygens (including phenoxy) is 3. The maximum Gasteiger partial charge on any atom is 0.225 e. The van der Waals surface area contributed by atoms with Crippen LogP contribution in [-0.2, 0) is 20.8 Å². The number of rotatable bonds is 11. The SMILES string of the molecule is CCOCCCNC(=NCc1ccc(OC)cc1)NCC1(C(N)=O)CCOCC1.I. The number of aliphatic imine (C=N–C) groups is 1. The van der Waals surface area contributed by atoms with Crippen LogP contribution in [0.25, 0.3) is 0 Å². The van der Waals surface area contributed by atoms with Crippen LogP contribution in [0, 0.1) is 5.41 Å². The van der Waals surface area contributed by atoms with Gasteiger partial charge in [-0.15, -0.1) is 24.0 Å². The topological polar surface area (TPSA) is 107 Å². The lowest BCUT2D eigenvalue weighted by Gasteiger charge is -2.34. The highest BCUT2D eigenvalue weighted by Crippen LogP contribution is 2.29. The molecule has 0 aliphatic carbocycles. The number of guanidine groups is 1. The molecule has 4 N–H and O–H groups in total. The Labute approximate surface area is 196 Å². The Kier molecular flexibility index (Phi) is 12.7. The fraction of sp³-hybridized carbons (Fsp3) is 0.619. The van der Waals surface area contributed by atoms with Gasteiger partial charge in [-0.05, 0) is 43.9 Å². The number of hydrogen-bond acceptors (Lipinski definition) is 5. The second kappa shape index (κ2) is 14.4. The molecule has 30 heavy (non-hydrogen) atoms. The number of methoxy groups -OCH3 is 1. The molecule has 0 atom stereocenters. The van der Waals surface area contributed by atoms with Crippen molar-refractivity contribution in [2.45, 2.75) is 32.7 Å². The molecule has 9 heteroatoms. The van der Waals surface area contributed by atoms with E-state index in [0.717, 1.165) is 24.3 Å². The van der Waals surface area contributed by atoms with Crippen LogP contribution < -0.4 is 21.1 Å². The lowest BCUT2D eigenvalue weighted by Crippen LogP contribution is -2.51. The number of nitrogens with zero attached hydrogens (tertiary/aromatic N) is 1. The molecule has 1 aliphatic rings. The average Bonchev–Trinajstić information content (AvgIpc) is 2.75. The van der Waals surface area contributed by atoms with Gasteiger partial charge in [-0.25, -0.2) is 4.99 Å². The summed E-state index contributed by atoms with van der Waals surface area (Å²) in [6.45, 7) is 6.14. The van der Waals surface area contributed by atoms with Crippen molar-refractivity contribution < 1.29 is 19.0 Å². The number of nitrogens with one attached hydrogen (secondary N) is 2. The lowest BCUT2D eigenvalue weighted by atomic mass is 9.79. The molecule has 1 fully saturated rings. The number of carbonyl (C=O) groups excluding carboxylic acids is 1. The molecule has 8 nitrogen and oxygen atoms in total. The fourth-order valence-corrected chi connectivity index (χ4v) is 3.13. The molecule has 0 aromatic heterocycles. The van der Waals surface area contributed by atoms with Crippen molar-refractivity contribution in [1.29, 1.82) is 0 Å². The van der Waals surface area contributed by atoms with Crippen LogP contribution in [0.15, 0.2) is 29.3 Å². The number of hydrogen-bond donors (Lipinski definition) is 3.